The Bertz CT molecular complexity index is 489. The van der Waals surface area contributed by atoms with Crippen LogP contribution in [0.4, 0.5) is 0 Å². The lowest BCUT2D eigenvalue weighted by Gasteiger charge is -2.21. The van der Waals surface area contributed by atoms with Gasteiger partial charge in [0.25, 0.3) is 0 Å². The van der Waals surface area contributed by atoms with E-state index in [9.17, 15) is 9.59 Å². The van der Waals surface area contributed by atoms with Crippen molar-refractivity contribution < 1.29 is 18.7 Å². The van der Waals surface area contributed by atoms with Crippen molar-refractivity contribution in [1.82, 2.24) is 10.6 Å². The summed E-state index contributed by atoms with van der Waals surface area (Å²) in [6.45, 7) is 3.75. The van der Waals surface area contributed by atoms with Crippen LogP contribution in [0.2, 0.25) is 0 Å². The van der Waals surface area contributed by atoms with Gasteiger partial charge in [0, 0.05) is 5.92 Å². The number of aryl methyl sites for hydroxylation is 1. The molecule has 6 heteroatoms. The fourth-order valence-corrected chi connectivity index (χ4v) is 2.35. The third kappa shape index (κ3) is 3.39. The lowest BCUT2D eigenvalue weighted by Crippen LogP contribution is -2.37. The highest BCUT2D eigenvalue weighted by Gasteiger charge is 2.21. The highest BCUT2D eigenvalue weighted by molar-refractivity contribution is 5.90. The van der Waals surface area contributed by atoms with Crippen LogP contribution in [0.25, 0.3) is 0 Å². The number of carbonyl (C=O) groups excluding carboxylic acids is 2. The van der Waals surface area contributed by atoms with Gasteiger partial charge in [-0.15, -0.1) is 0 Å². The average molecular weight is 280 g/mol. The third-order valence-corrected chi connectivity index (χ3v) is 3.52. The van der Waals surface area contributed by atoms with Crippen molar-refractivity contribution in [2.75, 3.05) is 20.2 Å². The molecule has 2 heterocycles. The minimum absolute atomic E-state index is 0.0418. The van der Waals surface area contributed by atoms with E-state index in [1.165, 1.54) is 7.11 Å². The second-order valence-corrected chi connectivity index (χ2v) is 4.92. The summed E-state index contributed by atoms with van der Waals surface area (Å²) < 4.78 is 10.1. The Labute approximate surface area is 117 Å². The minimum Gasteiger partial charge on any atom is -0.465 e. The molecular formula is C14H20N2O4. The predicted octanol–water partition coefficient (Wildman–Crippen LogP) is 0.990. The second-order valence-electron chi connectivity index (χ2n) is 4.92. The molecule has 20 heavy (non-hydrogen) atoms. The molecule has 1 aliphatic rings. The Morgan fingerprint density at radius 1 is 1.45 bits per heavy atom. The monoisotopic (exact) mass is 280 g/mol. The van der Waals surface area contributed by atoms with E-state index in [1.54, 1.807) is 13.0 Å². The molecule has 0 bridgehead atoms. The number of piperidine rings is 1. The number of nitrogens with one attached hydrogen (secondary N) is 2. The number of furan rings is 1. The van der Waals surface area contributed by atoms with Gasteiger partial charge >= 0.3 is 5.97 Å². The molecule has 1 amide bonds. The standard InChI is InChI=1S/C14H20N2O4/c1-9-12(14(18)19-2)7-11(20-9)8-16-13(17)10-3-5-15-6-4-10/h7,10,15H,3-6,8H2,1-2H3,(H,16,17). The second kappa shape index (κ2) is 6.56. The summed E-state index contributed by atoms with van der Waals surface area (Å²) in [6.07, 6.45) is 1.72. The van der Waals surface area contributed by atoms with E-state index < -0.39 is 5.97 Å². The maximum Gasteiger partial charge on any atom is 0.341 e. The largest absolute Gasteiger partial charge is 0.465 e. The van der Waals surface area contributed by atoms with Crippen LogP contribution in [-0.2, 0) is 16.1 Å². The molecule has 0 radical (unpaired) electrons. The van der Waals surface area contributed by atoms with Crippen LogP contribution in [-0.4, -0.2) is 32.1 Å². The summed E-state index contributed by atoms with van der Waals surface area (Å²) in [5.41, 5.74) is 0.401. The summed E-state index contributed by atoms with van der Waals surface area (Å²) in [5.74, 6) is 0.739. The van der Waals surface area contributed by atoms with Crippen LogP contribution in [0.5, 0.6) is 0 Å². The van der Waals surface area contributed by atoms with Gasteiger partial charge in [-0.3, -0.25) is 4.79 Å². The van der Waals surface area contributed by atoms with Gasteiger partial charge in [-0.05, 0) is 38.9 Å². The molecule has 1 aromatic rings. The molecule has 2 rings (SSSR count). The van der Waals surface area contributed by atoms with Crippen LogP contribution in [0.3, 0.4) is 0 Å². The van der Waals surface area contributed by atoms with Crippen molar-refractivity contribution in [2.24, 2.45) is 5.92 Å². The maximum atomic E-state index is 12.0. The fraction of sp³-hybridized carbons (Fsp3) is 0.571. The average Bonchev–Trinajstić information content (AvgIpc) is 2.86. The first-order chi connectivity index (χ1) is 9.61. The molecule has 6 nitrogen and oxygen atoms in total. The van der Waals surface area contributed by atoms with Crippen molar-refractivity contribution >= 4 is 11.9 Å². The van der Waals surface area contributed by atoms with Crippen molar-refractivity contribution in [3.8, 4) is 0 Å². The zero-order valence-electron chi connectivity index (χ0n) is 11.8. The van der Waals surface area contributed by atoms with Gasteiger partial charge in [-0.25, -0.2) is 4.79 Å². The van der Waals surface area contributed by atoms with E-state index >= 15 is 0 Å². The molecule has 1 aromatic heterocycles. The first-order valence-corrected chi connectivity index (χ1v) is 6.78. The molecular weight excluding hydrogens is 260 g/mol. The minimum atomic E-state index is -0.429. The Morgan fingerprint density at radius 2 is 2.15 bits per heavy atom. The smallest absolute Gasteiger partial charge is 0.341 e. The molecule has 0 unspecified atom stereocenters. The van der Waals surface area contributed by atoms with Crippen LogP contribution in [0.1, 0.15) is 34.7 Å². The highest BCUT2D eigenvalue weighted by Crippen LogP contribution is 2.16. The van der Waals surface area contributed by atoms with Crippen LogP contribution in [0, 0.1) is 12.8 Å². The molecule has 1 saturated heterocycles. The zero-order valence-corrected chi connectivity index (χ0v) is 11.8. The maximum absolute atomic E-state index is 12.0. The van der Waals surface area contributed by atoms with E-state index in [0.29, 0.717) is 23.6 Å². The molecule has 1 aliphatic heterocycles. The van der Waals surface area contributed by atoms with Gasteiger partial charge in [0.1, 0.15) is 17.1 Å². The van der Waals surface area contributed by atoms with Crippen molar-refractivity contribution in [2.45, 2.75) is 26.3 Å². The lowest BCUT2D eigenvalue weighted by molar-refractivity contribution is -0.126. The number of methoxy groups -OCH3 is 1. The van der Waals surface area contributed by atoms with E-state index in [1.807, 2.05) is 0 Å². The number of carbonyl (C=O) groups is 2. The number of hydrogen-bond donors (Lipinski definition) is 2. The molecule has 0 atom stereocenters. The molecule has 0 spiro atoms. The van der Waals surface area contributed by atoms with Crippen LogP contribution in [0.15, 0.2) is 10.5 Å². The van der Waals surface area contributed by atoms with Crippen molar-refractivity contribution in [3.63, 3.8) is 0 Å². The number of ether oxygens (including phenoxy) is 1. The Morgan fingerprint density at radius 3 is 2.80 bits per heavy atom. The number of amides is 1. The highest BCUT2D eigenvalue weighted by atomic mass is 16.5. The van der Waals surface area contributed by atoms with E-state index in [2.05, 4.69) is 15.4 Å². The van der Waals surface area contributed by atoms with Crippen LogP contribution >= 0.6 is 0 Å². The Kier molecular flexibility index (Phi) is 4.79. The molecule has 0 aliphatic carbocycles. The topological polar surface area (TPSA) is 80.6 Å². The zero-order chi connectivity index (χ0) is 14.5. The quantitative estimate of drug-likeness (QED) is 0.804. The van der Waals surface area contributed by atoms with E-state index in [0.717, 1.165) is 25.9 Å². The predicted molar refractivity (Wildman–Crippen MR) is 72.2 cm³/mol. The van der Waals surface area contributed by atoms with Gasteiger partial charge in [0.15, 0.2) is 0 Å². The van der Waals surface area contributed by atoms with Gasteiger partial charge in [0.05, 0.1) is 13.7 Å². The van der Waals surface area contributed by atoms with Crippen molar-refractivity contribution in [3.05, 3.63) is 23.2 Å². The lowest BCUT2D eigenvalue weighted by atomic mass is 9.97. The fourth-order valence-electron chi connectivity index (χ4n) is 2.35. The molecule has 110 valence electrons. The van der Waals surface area contributed by atoms with E-state index in [-0.39, 0.29) is 11.8 Å². The number of rotatable bonds is 4. The third-order valence-electron chi connectivity index (χ3n) is 3.52. The normalized spacial score (nSPS) is 15.9. The van der Waals surface area contributed by atoms with Gasteiger partial charge in [-0.2, -0.15) is 0 Å². The molecule has 0 saturated carbocycles. The number of esters is 1. The summed E-state index contributed by atoms with van der Waals surface area (Å²) in [7, 11) is 1.33. The molecule has 0 aromatic carbocycles. The Hall–Kier alpha value is -1.82. The van der Waals surface area contributed by atoms with E-state index in [4.69, 9.17) is 4.42 Å². The summed E-state index contributed by atoms with van der Waals surface area (Å²) in [6, 6.07) is 1.61. The first kappa shape index (κ1) is 14.6. The summed E-state index contributed by atoms with van der Waals surface area (Å²) >= 11 is 0. The summed E-state index contributed by atoms with van der Waals surface area (Å²) in [4.78, 5) is 23.4. The Balaban J connectivity index is 1.90. The van der Waals surface area contributed by atoms with Gasteiger partial charge in [0.2, 0.25) is 5.91 Å². The number of hydrogen-bond acceptors (Lipinski definition) is 5. The van der Waals surface area contributed by atoms with Crippen LogP contribution < -0.4 is 10.6 Å². The SMILES string of the molecule is COC(=O)c1cc(CNC(=O)C2CCNCC2)oc1C. The molecule has 2 N–H and O–H groups in total. The van der Waals surface area contributed by atoms with Gasteiger partial charge in [-0.1, -0.05) is 0 Å². The molecule has 1 fully saturated rings. The summed E-state index contributed by atoms with van der Waals surface area (Å²) in [5, 5.41) is 6.08. The van der Waals surface area contributed by atoms with Gasteiger partial charge < -0.3 is 19.8 Å². The van der Waals surface area contributed by atoms with Crippen molar-refractivity contribution in [1.29, 1.82) is 0 Å². The first-order valence-electron chi connectivity index (χ1n) is 6.78.